The van der Waals surface area contributed by atoms with Crippen LogP contribution >= 0.6 is 0 Å². The zero-order valence-corrected chi connectivity index (χ0v) is 9.65. The van der Waals surface area contributed by atoms with E-state index in [0.29, 0.717) is 5.92 Å². The second-order valence-corrected chi connectivity index (χ2v) is 4.76. The Balaban J connectivity index is 2.27. The van der Waals surface area contributed by atoms with Crippen LogP contribution in [0.1, 0.15) is 42.4 Å². The molecule has 16 heavy (non-hydrogen) atoms. The molecule has 2 rings (SSSR count). The fourth-order valence-corrected chi connectivity index (χ4v) is 1.75. The number of hydrogen-bond donors (Lipinski definition) is 1. The van der Waals surface area contributed by atoms with E-state index in [1.165, 1.54) is 13.3 Å². The second-order valence-electron chi connectivity index (χ2n) is 4.76. The molecule has 86 valence electrons. The molecule has 0 radical (unpaired) electrons. The van der Waals surface area contributed by atoms with Crippen LogP contribution in [0.25, 0.3) is 0 Å². The Morgan fingerprint density at radius 3 is 2.69 bits per heavy atom. The van der Waals surface area contributed by atoms with Crippen LogP contribution in [0.3, 0.4) is 0 Å². The number of ether oxygens (including phenoxy) is 1. The summed E-state index contributed by atoms with van der Waals surface area (Å²) in [7, 11) is 1.31. The molecule has 1 fully saturated rings. The summed E-state index contributed by atoms with van der Waals surface area (Å²) in [5.74, 6) is 0.760. The maximum atomic E-state index is 11.3. The normalized spacial score (nSPS) is 21.6. The summed E-state index contributed by atoms with van der Waals surface area (Å²) in [5.41, 5.74) is 6.18. The van der Waals surface area contributed by atoms with E-state index >= 15 is 0 Å². The lowest BCUT2D eigenvalue weighted by Gasteiger charge is -2.06. The van der Waals surface area contributed by atoms with Gasteiger partial charge in [-0.25, -0.2) is 14.8 Å². The van der Waals surface area contributed by atoms with Crippen molar-refractivity contribution in [2.45, 2.75) is 26.2 Å². The minimum absolute atomic E-state index is 0.194. The first-order valence-electron chi connectivity index (χ1n) is 5.16. The lowest BCUT2D eigenvalue weighted by atomic mass is 10.1. The monoisotopic (exact) mass is 221 g/mol. The molecule has 1 aliphatic rings. The Morgan fingerprint density at radius 1 is 1.62 bits per heavy atom. The second kappa shape index (κ2) is 3.43. The zero-order chi connectivity index (χ0) is 11.9. The molecule has 1 aromatic rings. The summed E-state index contributed by atoms with van der Waals surface area (Å²) < 4.78 is 4.58. The first kappa shape index (κ1) is 10.9. The Morgan fingerprint density at radius 2 is 2.25 bits per heavy atom. The smallest absolute Gasteiger partial charge is 0.343 e. The van der Waals surface area contributed by atoms with E-state index in [4.69, 9.17) is 5.73 Å². The summed E-state index contributed by atoms with van der Waals surface area (Å²) in [6, 6.07) is 0. The van der Waals surface area contributed by atoms with Crippen molar-refractivity contribution in [2.75, 3.05) is 12.8 Å². The number of anilines is 1. The van der Waals surface area contributed by atoms with E-state index in [9.17, 15) is 4.79 Å². The van der Waals surface area contributed by atoms with Crippen LogP contribution in [0.5, 0.6) is 0 Å². The third-order valence-electron chi connectivity index (χ3n) is 3.07. The van der Waals surface area contributed by atoms with Gasteiger partial charge in [-0.1, -0.05) is 13.8 Å². The van der Waals surface area contributed by atoms with Gasteiger partial charge in [0.05, 0.1) is 7.11 Å². The largest absolute Gasteiger partial charge is 0.465 e. The third kappa shape index (κ3) is 1.73. The van der Waals surface area contributed by atoms with Gasteiger partial charge in [0.1, 0.15) is 17.2 Å². The molecular formula is C11H15N3O2. The van der Waals surface area contributed by atoms with Crippen molar-refractivity contribution >= 4 is 11.8 Å². The number of carbonyl (C=O) groups is 1. The van der Waals surface area contributed by atoms with Crippen molar-refractivity contribution in [3.63, 3.8) is 0 Å². The highest BCUT2D eigenvalue weighted by atomic mass is 16.5. The van der Waals surface area contributed by atoms with Crippen molar-refractivity contribution in [2.24, 2.45) is 5.41 Å². The van der Waals surface area contributed by atoms with Gasteiger partial charge >= 0.3 is 5.97 Å². The molecule has 1 heterocycles. The third-order valence-corrected chi connectivity index (χ3v) is 3.07. The fraction of sp³-hybridized carbons (Fsp3) is 0.545. The molecule has 0 aliphatic heterocycles. The summed E-state index contributed by atoms with van der Waals surface area (Å²) in [5, 5.41) is 0. The van der Waals surface area contributed by atoms with Crippen molar-refractivity contribution in [3.8, 4) is 0 Å². The van der Waals surface area contributed by atoms with Crippen molar-refractivity contribution in [3.05, 3.63) is 17.6 Å². The lowest BCUT2D eigenvalue weighted by Crippen LogP contribution is -2.10. The van der Waals surface area contributed by atoms with E-state index < -0.39 is 5.97 Å². The van der Waals surface area contributed by atoms with Gasteiger partial charge in [-0.2, -0.15) is 0 Å². The highest BCUT2D eigenvalue weighted by molar-refractivity contribution is 5.93. The molecule has 5 heteroatoms. The topological polar surface area (TPSA) is 78.1 Å². The van der Waals surface area contributed by atoms with Crippen LogP contribution in [0.4, 0.5) is 5.82 Å². The Bertz CT molecular complexity index is 443. The molecule has 0 amide bonds. The molecule has 1 atom stereocenters. The number of nitrogens with zero attached hydrogens (tertiary/aromatic N) is 2. The molecule has 0 bridgehead atoms. The van der Waals surface area contributed by atoms with Crippen molar-refractivity contribution < 1.29 is 9.53 Å². The summed E-state index contributed by atoms with van der Waals surface area (Å²) >= 11 is 0. The maximum absolute atomic E-state index is 11.3. The number of aromatic nitrogens is 2. The lowest BCUT2D eigenvalue weighted by molar-refractivity contribution is 0.0601. The highest BCUT2D eigenvalue weighted by Gasteiger charge is 2.48. The summed E-state index contributed by atoms with van der Waals surface area (Å²) in [4.78, 5) is 19.6. The molecule has 0 spiro atoms. The number of nitrogens with two attached hydrogens (primary N) is 1. The summed E-state index contributed by atoms with van der Waals surface area (Å²) in [6.45, 7) is 4.32. The molecule has 2 N–H and O–H groups in total. The Kier molecular flexibility index (Phi) is 2.33. The zero-order valence-electron chi connectivity index (χ0n) is 9.65. The maximum Gasteiger partial charge on any atom is 0.343 e. The first-order chi connectivity index (χ1) is 7.45. The van der Waals surface area contributed by atoms with E-state index in [-0.39, 0.29) is 16.8 Å². The standard InChI is InChI=1S/C11H15N3O2/c1-11(2)4-7(11)9-13-5-6(8(12)14-9)10(15)16-3/h5,7H,4H2,1-3H3,(H2,12,13,14). The highest BCUT2D eigenvalue weighted by Crippen LogP contribution is 2.57. The number of hydrogen-bond acceptors (Lipinski definition) is 5. The van der Waals surface area contributed by atoms with Gasteiger partial charge < -0.3 is 10.5 Å². The SMILES string of the molecule is COC(=O)c1cnc(C2CC2(C)C)nc1N. The number of carbonyl (C=O) groups excluding carboxylic acids is 1. The predicted molar refractivity (Wildman–Crippen MR) is 58.9 cm³/mol. The van der Waals surface area contributed by atoms with Crippen LogP contribution in [0, 0.1) is 5.41 Å². The van der Waals surface area contributed by atoms with Gasteiger partial charge in [-0.05, 0) is 11.8 Å². The molecule has 1 aromatic heterocycles. The molecule has 0 aromatic carbocycles. The molecule has 5 nitrogen and oxygen atoms in total. The Labute approximate surface area is 94.0 Å². The van der Waals surface area contributed by atoms with Crippen molar-refractivity contribution in [1.29, 1.82) is 0 Å². The minimum atomic E-state index is -0.501. The predicted octanol–water partition coefficient (Wildman–Crippen LogP) is 1.36. The number of methoxy groups -OCH3 is 1. The van der Waals surface area contributed by atoms with E-state index in [2.05, 4.69) is 28.6 Å². The van der Waals surface area contributed by atoms with Crippen LogP contribution in [-0.2, 0) is 4.74 Å². The van der Waals surface area contributed by atoms with Crippen LogP contribution in [-0.4, -0.2) is 23.0 Å². The molecule has 1 aliphatic carbocycles. The molecule has 0 saturated heterocycles. The van der Waals surface area contributed by atoms with Gasteiger partial charge in [-0.15, -0.1) is 0 Å². The molecule has 1 unspecified atom stereocenters. The van der Waals surface area contributed by atoms with Gasteiger partial charge in [0.15, 0.2) is 0 Å². The number of nitrogen functional groups attached to an aromatic ring is 1. The Hall–Kier alpha value is -1.65. The number of esters is 1. The van der Waals surface area contributed by atoms with Gasteiger partial charge in [-0.3, -0.25) is 0 Å². The fourth-order valence-electron chi connectivity index (χ4n) is 1.75. The minimum Gasteiger partial charge on any atom is -0.465 e. The van der Waals surface area contributed by atoms with E-state index in [1.807, 2.05) is 0 Å². The van der Waals surface area contributed by atoms with Crippen LogP contribution in [0.2, 0.25) is 0 Å². The van der Waals surface area contributed by atoms with E-state index in [1.54, 1.807) is 0 Å². The van der Waals surface area contributed by atoms with Gasteiger partial charge in [0.25, 0.3) is 0 Å². The summed E-state index contributed by atoms with van der Waals surface area (Å²) in [6.07, 6.45) is 2.50. The van der Waals surface area contributed by atoms with Crippen LogP contribution < -0.4 is 5.73 Å². The van der Waals surface area contributed by atoms with Gasteiger partial charge in [0.2, 0.25) is 0 Å². The molecular weight excluding hydrogens is 206 g/mol. The van der Waals surface area contributed by atoms with E-state index in [0.717, 1.165) is 12.2 Å². The number of rotatable bonds is 2. The molecule has 1 saturated carbocycles. The first-order valence-corrected chi connectivity index (χ1v) is 5.16. The van der Waals surface area contributed by atoms with Gasteiger partial charge in [0, 0.05) is 12.1 Å². The average Bonchev–Trinajstić information content (AvgIpc) is 2.86. The van der Waals surface area contributed by atoms with Crippen molar-refractivity contribution in [1.82, 2.24) is 9.97 Å². The van der Waals surface area contributed by atoms with Crippen LogP contribution in [0.15, 0.2) is 6.20 Å². The average molecular weight is 221 g/mol. The quantitative estimate of drug-likeness (QED) is 0.763.